The zero-order chi connectivity index (χ0) is 35.6. The summed E-state index contributed by atoms with van der Waals surface area (Å²) >= 11 is 3.46. The van der Waals surface area contributed by atoms with E-state index in [0.29, 0.717) is 29.7 Å². The molecule has 3 atom stereocenters. The number of nitrogens with two attached hydrogens (primary N) is 1. The number of phenols is 2. The van der Waals surface area contributed by atoms with Crippen LogP contribution in [-0.4, -0.2) is 78.6 Å². The van der Waals surface area contributed by atoms with Crippen LogP contribution in [0.5, 0.6) is 11.5 Å². The molecule has 0 aliphatic carbocycles. The number of rotatable bonds is 12. The lowest BCUT2D eigenvalue weighted by molar-refractivity contribution is -0.687. The van der Waals surface area contributed by atoms with E-state index in [2.05, 4.69) is 15.5 Å². The van der Waals surface area contributed by atoms with Crippen molar-refractivity contribution >= 4 is 70.0 Å². The molecule has 0 saturated carbocycles. The van der Waals surface area contributed by atoms with Crippen molar-refractivity contribution in [3.63, 3.8) is 0 Å². The summed E-state index contributed by atoms with van der Waals surface area (Å²) in [5.74, 6) is -11.9. The highest BCUT2D eigenvalue weighted by atomic mass is 32.2. The number of allylic oxidation sites excluding steroid dienone is 2. The second-order valence-corrected chi connectivity index (χ2v) is 13.1. The Morgan fingerprint density at radius 1 is 1.31 bits per heavy atom. The van der Waals surface area contributed by atoms with E-state index < -0.39 is 75.2 Å². The van der Waals surface area contributed by atoms with Gasteiger partial charge in [-0.3, -0.25) is 14.5 Å². The van der Waals surface area contributed by atoms with Crippen molar-refractivity contribution in [2.24, 2.45) is 5.16 Å². The number of phenolic OH excluding ortho intramolecular Hbond substituents is 2. The van der Waals surface area contributed by atoms with E-state index >= 15 is 4.39 Å². The molecule has 49 heavy (non-hydrogen) atoms. The minimum Gasteiger partial charge on any atom is -0.543 e. The average molecular weight is 735 g/mol. The summed E-state index contributed by atoms with van der Waals surface area (Å²) in [6.45, 7) is 0.426. The van der Waals surface area contributed by atoms with Gasteiger partial charge in [-0.2, -0.15) is 0 Å². The van der Waals surface area contributed by atoms with Crippen LogP contribution in [-0.2, 0) is 36.2 Å². The van der Waals surface area contributed by atoms with Gasteiger partial charge in [-0.15, -0.1) is 34.9 Å². The number of carboxylic acid groups (broad SMARTS) is 2. The summed E-state index contributed by atoms with van der Waals surface area (Å²) < 4.78 is 31.3. The predicted octanol–water partition coefficient (Wildman–Crippen LogP) is 0.415. The van der Waals surface area contributed by atoms with Gasteiger partial charge in [0.25, 0.3) is 11.8 Å². The number of thiazole rings is 1. The van der Waals surface area contributed by atoms with Crippen molar-refractivity contribution < 1.29 is 57.8 Å². The molecule has 2 aliphatic heterocycles. The molecule has 1 fully saturated rings. The number of oxime groups is 1. The van der Waals surface area contributed by atoms with Gasteiger partial charge < -0.3 is 41.1 Å². The zero-order valence-electron chi connectivity index (χ0n) is 24.9. The number of carbonyl (C=O) groups excluding carboxylic acids is 3. The van der Waals surface area contributed by atoms with Gasteiger partial charge in [0.05, 0.1) is 17.2 Å². The lowest BCUT2D eigenvalue weighted by Gasteiger charge is -2.50. The number of halogens is 2. The molecule has 2 amide bonds. The van der Waals surface area contributed by atoms with E-state index in [-0.39, 0.29) is 22.6 Å². The number of hydrogen-bond donors (Lipinski definition) is 5. The van der Waals surface area contributed by atoms with Gasteiger partial charge in [-0.05, 0) is 24.0 Å². The topological polar surface area (TPSA) is 232 Å². The van der Waals surface area contributed by atoms with Crippen molar-refractivity contribution in [2.75, 3.05) is 17.7 Å². The summed E-state index contributed by atoms with van der Waals surface area (Å²) in [4.78, 5) is 61.3. The minimum absolute atomic E-state index is 0.160. The second kappa shape index (κ2) is 14.1. The zero-order valence-corrected chi connectivity index (χ0v) is 27.4. The highest BCUT2D eigenvalue weighted by molar-refractivity contribution is 8.00. The average Bonchev–Trinajstić information content (AvgIpc) is 3.52. The van der Waals surface area contributed by atoms with Crippen molar-refractivity contribution in [3.8, 4) is 11.5 Å². The number of aromatic hydroxyl groups is 2. The quantitative estimate of drug-likeness (QED) is 0.0425. The molecule has 2 aliphatic rings. The number of β-lactam (4-membered cyclic amide) rings is 1. The van der Waals surface area contributed by atoms with Crippen LogP contribution < -0.4 is 20.7 Å². The van der Waals surface area contributed by atoms with Gasteiger partial charge in [0, 0.05) is 28.2 Å². The van der Waals surface area contributed by atoms with Crippen LogP contribution in [0.15, 0.2) is 69.4 Å². The number of hydrogen-bond acceptors (Lipinski definition) is 14. The van der Waals surface area contributed by atoms with Crippen LogP contribution in [0.1, 0.15) is 11.3 Å². The summed E-state index contributed by atoms with van der Waals surface area (Å²) in [7, 11) is 0. The number of anilines is 1. The largest absolute Gasteiger partial charge is 0.543 e. The Hall–Kier alpha value is -5.21. The van der Waals surface area contributed by atoms with E-state index in [1.165, 1.54) is 11.8 Å². The van der Waals surface area contributed by atoms with Gasteiger partial charge in [0.1, 0.15) is 23.3 Å². The normalized spacial score (nSPS) is 18.7. The fourth-order valence-corrected chi connectivity index (χ4v) is 7.24. The molecule has 0 radical (unpaired) electrons. The SMILES string of the molecule is CSc1cc[n+](CC=CC2=C(C(=O)[O-])N3C(=O)C(NC(=O)C=NOC(C(=O)O)(c4csc(N)n4)c4cc(F)c(O)c(O)c4F)C3SC2)cc1. The first kappa shape index (κ1) is 35.1. The molecule has 6 N–H and O–H groups in total. The van der Waals surface area contributed by atoms with E-state index in [0.717, 1.165) is 15.2 Å². The highest BCUT2D eigenvalue weighted by Crippen LogP contribution is 2.43. The van der Waals surface area contributed by atoms with Crippen LogP contribution in [0, 0.1) is 11.6 Å². The smallest absolute Gasteiger partial charge is 0.362 e. The minimum atomic E-state index is -3.13. The predicted molar refractivity (Wildman–Crippen MR) is 169 cm³/mol. The summed E-state index contributed by atoms with van der Waals surface area (Å²) in [6.07, 6.45) is 9.39. The van der Waals surface area contributed by atoms with Crippen LogP contribution in [0.2, 0.25) is 0 Å². The van der Waals surface area contributed by atoms with Gasteiger partial charge in [0.15, 0.2) is 47.2 Å². The summed E-state index contributed by atoms with van der Waals surface area (Å²) in [5, 5.41) is 47.3. The monoisotopic (exact) mass is 734 g/mol. The molecule has 5 rings (SSSR count). The maximum atomic E-state index is 15.1. The van der Waals surface area contributed by atoms with Gasteiger partial charge in [-0.1, -0.05) is 11.2 Å². The Morgan fingerprint density at radius 3 is 2.63 bits per heavy atom. The Labute approximate surface area is 287 Å². The number of aliphatic carboxylic acids is 2. The number of fused-ring (bicyclic) bond motifs is 1. The maximum Gasteiger partial charge on any atom is 0.362 e. The lowest BCUT2D eigenvalue weighted by Crippen LogP contribution is -2.71. The first-order valence-corrected chi connectivity index (χ1v) is 16.9. The number of carbonyl (C=O) groups is 4. The van der Waals surface area contributed by atoms with E-state index in [1.807, 2.05) is 35.3 Å². The molecule has 0 spiro atoms. The number of nitrogens with zero attached hydrogens (tertiary/aromatic N) is 4. The molecule has 3 unspecified atom stereocenters. The molecule has 15 nitrogen and oxygen atoms in total. The number of nitrogens with one attached hydrogen (secondary N) is 1. The molecule has 3 aromatic rings. The molecule has 2 aromatic heterocycles. The summed E-state index contributed by atoms with van der Waals surface area (Å²) in [6, 6.07) is 2.87. The number of benzene rings is 1. The number of thioether (sulfide) groups is 2. The molecular formula is C29H24F2N6O9S3. The lowest BCUT2D eigenvalue weighted by atomic mass is 9.89. The van der Waals surface area contributed by atoms with Crippen molar-refractivity contribution in [3.05, 3.63) is 82.3 Å². The van der Waals surface area contributed by atoms with Crippen molar-refractivity contribution in [1.82, 2.24) is 15.2 Å². The number of amides is 2. The fraction of sp³-hybridized carbons (Fsp3) is 0.207. The number of pyridine rings is 1. The van der Waals surface area contributed by atoms with Crippen LogP contribution in [0.4, 0.5) is 13.9 Å². The van der Waals surface area contributed by atoms with Crippen LogP contribution in [0.25, 0.3) is 0 Å². The maximum absolute atomic E-state index is 15.1. The van der Waals surface area contributed by atoms with E-state index in [9.17, 15) is 44.0 Å². The summed E-state index contributed by atoms with van der Waals surface area (Å²) in [5.41, 5.74) is 0.647. The van der Waals surface area contributed by atoms with E-state index in [1.54, 1.807) is 23.9 Å². The molecular weight excluding hydrogens is 711 g/mol. The Kier molecular flexibility index (Phi) is 10.1. The van der Waals surface area contributed by atoms with Crippen LogP contribution in [0.3, 0.4) is 0 Å². The molecule has 20 heteroatoms. The van der Waals surface area contributed by atoms with Crippen LogP contribution >= 0.6 is 34.9 Å². The van der Waals surface area contributed by atoms with Gasteiger partial charge in [-0.25, -0.2) is 23.1 Å². The second-order valence-electron chi connectivity index (χ2n) is 10.2. The first-order chi connectivity index (χ1) is 23.3. The molecule has 4 heterocycles. The highest BCUT2D eigenvalue weighted by Gasteiger charge is 2.53. The van der Waals surface area contributed by atoms with Gasteiger partial charge >= 0.3 is 11.6 Å². The fourth-order valence-electron chi connectivity index (χ4n) is 4.93. The van der Waals surface area contributed by atoms with Crippen molar-refractivity contribution in [1.29, 1.82) is 0 Å². The number of carboxylic acids is 2. The molecule has 0 bridgehead atoms. The molecule has 1 aromatic carbocycles. The number of aromatic nitrogens is 2. The Bertz CT molecular complexity index is 1940. The number of nitrogen functional groups attached to an aromatic ring is 1. The Balaban J connectivity index is 1.32. The molecule has 256 valence electrons. The standard InChI is InChI=1S/C29H24F2N6O9S3/c1-47-14-4-7-36(8-5-14)6-2-3-13-11-48-25-20(24(41)37(25)21(13)26(42)43)35-18(38)10-33-46-29(27(44)45,17-12-49-28(32)34-17)15-9-16(30)22(39)23(40)19(15)31/h2-5,7-10,12,20,25H,6,11H2,1H3,(H6-,32,33,34,35,38,39,40,42,43,44,45). The third-order valence-corrected chi connectivity index (χ3v) is 10.0. The third kappa shape index (κ3) is 6.61. The van der Waals surface area contributed by atoms with Gasteiger partial charge in [0.2, 0.25) is 0 Å². The molecule has 1 saturated heterocycles. The van der Waals surface area contributed by atoms with Crippen molar-refractivity contribution in [2.45, 2.75) is 28.5 Å². The third-order valence-electron chi connectivity index (χ3n) is 7.31. The Morgan fingerprint density at radius 2 is 2.02 bits per heavy atom. The van der Waals surface area contributed by atoms with E-state index in [4.69, 9.17) is 10.6 Å². The first-order valence-electron chi connectivity index (χ1n) is 13.8.